The van der Waals surface area contributed by atoms with E-state index in [2.05, 4.69) is 10.6 Å². The first kappa shape index (κ1) is 23.3. The van der Waals surface area contributed by atoms with Crippen LogP contribution >= 0.6 is 0 Å². The van der Waals surface area contributed by atoms with Crippen LogP contribution in [0.25, 0.3) is 0 Å². The van der Waals surface area contributed by atoms with E-state index in [1.165, 1.54) is 24.8 Å². The maximum atomic E-state index is 14.3. The highest BCUT2D eigenvalue weighted by Crippen LogP contribution is 2.29. The smallest absolute Gasteiger partial charge is 0.280 e. The molecule has 172 valence electrons. The van der Waals surface area contributed by atoms with E-state index in [0.717, 1.165) is 18.6 Å². The third-order valence-corrected chi connectivity index (χ3v) is 5.48. The number of ether oxygens (including phenoxy) is 2. The normalized spacial score (nSPS) is 23.5. The van der Waals surface area contributed by atoms with Crippen molar-refractivity contribution in [2.75, 3.05) is 33.3 Å². The molecule has 1 aromatic rings. The van der Waals surface area contributed by atoms with Crippen molar-refractivity contribution in [3.8, 4) is 5.75 Å². The Bertz CT molecular complexity index is 830. The Hall–Kier alpha value is -2.33. The minimum atomic E-state index is -3.08. The minimum absolute atomic E-state index is 0.0243. The van der Waals surface area contributed by atoms with E-state index in [0.29, 0.717) is 13.2 Å². The largest absolute Gasteiger partial charge is 0.477 e. The number of amides is 2. The van der Waals surface area contributed by atoms with Gasteiger partial charge in [0.15, 0.2) is 5.60 Å². The zero-order valence-corrected chi connectivity index (χ0v) is 17.8. The molecular formula is C21H28F3N3O4. The lowest BCUT2D eigenvalue weighted by Gasteiger charge is -2.38. The monoisotopic (exact) mass is 443 g/mol. The highest BCUT2D eigenvalue weighted by Gasteiger charge is 2.46. The number of nitrogens with zero attached hydrogens (tertiary/aromatic N) is 1. The van der Waals surface area contributed by atoms with Crippen LogP contribution in [0.5, 0.6) is 5.75 Å². The number of rotatable bonds is 7. The van der Waals surface area contributed by atoms with E-state index in [9.17, 15) is 22.8 Å². The van der Waals surface area contributed by atoms with Gasteiger partial charge < -0.3 is 25.0 Å². The average Bonchev–Trinajstić information content (AvgIpc) is 2.63. The van der Waals surface area contributed by atoms with Gasteiger partial charge in [-0.2, -0.15) is 0 Å². The summed E-state index contributed by atoms with van der Waals surface area (Å²) in [5.74, 6) is -5.08. The molecule has 2 aliphatic rings. The molecule has 10 heteroatoms. The first-order valence-corrected chi connectivity index (χ1v) is 10.2. The van der Waals surface area contributed by atoms with Crippen molar-refractivity contribution in [3.05, 3.63) is 29.6 Å². The van der Waals surface area contributed by atoms with E-state index < -0.39 is 41.7 Å². The molecule has 0 aromatic heterocycles. The maximum Gasteiger partial charge on any atom is 0.280 e. The number of hydrogen-bond donors (Lipinski definition) is 2. The van der Waals surface area contributed by atoms with Crippen LogP contribution in [0, 0.1) is 5.82 Å². The zero-order valence-electron chi connectivity index (χ0n) is 17.8. The van der Waals surface area contributed by atoms with Crippen molar-refractivity contribution in [1.29, 1.82) is 0 Å². The number of nitrogens with one attached hydrogen (secondary N) is 2. The number of alkyl halides is 2. The van der Waals surface area contributed by atoms with E-state index in [1.54, 1.807) is 7.05 Å². The second-order valence-electron chi connectivity index (χ2n) is 8.56. The number of likely N-dealkylation sites (tertiary alicyclic amines) is 1. The Labute approximate surface area is 179 Å². The van der Waals surface area contributed by atoms with Gasteiger partial charge in [-0.15, -0.1) is 0 Å². The van der Waals surface area contributed by atoms with E-state index in [1.807, 2.05) is 0 Å². The topological polar surface area (TPSA) is 79.9 Å². The summed E-state index contributed by atoms with van der Waals surface area (Å²) in [6.07, 6.45) is 0.834. The molecule has 0 bridgehead atoms. The van der Waals surface area contributed by atoms with Crippen molar-refractivity contribution in [1.82, 2.24) is 15.5 Å². The van der Waals surface area contributed by atoms with Gasteiger partial charge in [-0.3, -0.25) is 9.59 Å². The molecule has 2 heterocycles. The van der Waals surface area contributed by atoms with Crippen LogP contribution in [-0.4, -0.2) is 73.7 Å². The molecule has 0 spiro atoms. The van der Waals surface area contributed by atoms with Gasteiger partial charge in [-0.1, -0.05) is 0 Å². The number of benzene rings is 1. The summed E-state index contributed by atoms with van der Waals surface area (Å²) >= 11 is 0. The van der Waals surface area contributed by atoms with Gasteiger partial charge >= 0.3 is 0 Å². The summed E-state index contributed by atoms with van der Waals surface area (Å²) in [6.45, 7) is 3.69. The van der Waals surface area contributed by atoms with Gasteiger partial charge in [0.1, 0.15) is 11.6 Å². The molecule has 2 aliphatic heterocycles. The summed E-state index contributed by atoms with van der Waals surface area (Å²) < 4.78 is 53.3. The molecule has 2 amide bonds. The number of hydrogen-bond acceptors (Lipinski definition) is 5. The SMILES string of the molecule is CN1CCC(NC(=O)C(C)(C)Oc2ccc(F)cc2C(=O)NCC2CCO2)C(F)(F)C1. The maximum absolute atomic E-state index is 14.3. The first-order chi connectivity index (χ1) is 14.5. The van der Waals surface area contributed by atoms with E-state index >= 15 is 0 Å². The Kier molecular flexibility index (Phi) is 6.80. The molecule has 1 aromatic carbocycles. The summed E-state index contributed by atoms with van der Waals surface area (Å²) in [7, 11) is 1.59. The van der Waals surface area contributed by atoms with Crippen LogP contribution < -0.4 is 15.4 Å². The lowest BCUT2D eigenvalue weighted by atomic mass is 9.99. The molecule has 2 fully saturated rings. The highest BCUT2D eigenvalue weighted by atomic mass is 19.3. The average molecular weight is 443 g/mol. The second kappa shape index (κ2) is 9.04. The standard InChI is InChI=1S/C21H28F3N3O4/c1-20(2,19(29)26-17-6-8-27(3)12-21(17,23)24)31-16-5-4-13(22)10-15(16)18(28)25-11-14-7-9-30-14/h4-5,10,14,17H,6-9,11-12H2,1-3H3,(H,25,28)(H,26,29). The molecule has 2 N–H and O–H groups in total. The van der Waals surface area contributed by atoms with Crippen molar-refractivity contribution in [3.63, 3.8) is 0 Å². The van der Waals surface area contributed by atoms with Crippen molar-refractivity contribution >= 4 is 11.8 Å². The Morgan fingerprint density at radius 3 is 2.65 bits per heavy atom. The Balaban J connectivity index is 1.69. The predicted octanol–water partition coefficient (Wildman–Crippen LogP) is 1.96. The van der Waals surface area contributed by atoms with Gasteiger partial charge in [0, 0.05) is 19.7 Å². The molecule has 0 radical (unpaired) electrons. The van der Waals surface area contributed by atoms with E-state index in [-0.39, 0.29) is 30.4 Å². The minimum Gasteiger partial charge on any atom is -0.477 e. The number of carbonyl (C=O) groups excluding carboxylic acids is 2. The van der Waals surface area contributed by atoms with Crippen LogP contribution in [0.4, 0.5) is 13.2 Å². The molecule has 2 atom stereocenters. The van der Waals surface area contributed by atoms with Crippen LogP contribution in [0.2, 0.25) is 0 Å². The number of halogens is 3. The fourth-order valence-corrected chi connectivity index (χ4v) is 3.46. The molecule has 7 nitrogen and oxygen atoms in total. The van der Waals surface area contributed by atoms with Crippen molar-refractivity contribution in [2.45, 2.75) is 50.4 Å². The fourth-order valence-electron chi connectivity index (χ4n) is 3.46. The van der Waals surface area contributed by atoms with E-state index in [4.69, 9.17) is 9.47 Å². The number of carbonyl (C=O) groups is 2. The zero-order chi connectivity index (χ0) is 22.8. The van der Waals surface area contributed by atoms with Gasteiger partial charge in [-0.05, 0) is 51.9 Å². The molecule has 3 rings (SSSR count). The highest BCUT2D eigenvalue weighted by molar-refractivity contribution is 5.97. The van der Waals surface area contributed by atoms with Gasteiger partial charge in [0.2, 0.25) is 0 Å². The summed E-state index contributed by atoms with van der Waals surface area (Å²) in [5, 5.41) is 5.02. The number of piperidine rings is 1. The predicted molar refractivity (Wildman–Crippen MR) is 107 cm³/mol. The molecule has 31 heavy (non-hydrogen) atoms. The van der Waals surface area contributed by atoms with Gasteiger partial charge in [-0.25, -0.2) is 13.2 Å². The first-order valence-electron chi connectivity index (χ1n) is 10.2. The molecular weight excluding hydrogens is 415 g/mol. The van der Waals surface area contributed by atoms with Gasteiger partial charge in [0.25, 0.3) is 17.7 Å². The fraction of sp³-hybridized carbons (Fsp3) is 0.619. The van der Waals surface area contributed by atoms with Crippen LogP contribution in [0.15, 0.2) is 18.2 Å². The quantitative estimate of drug-likeness (QED) is 0.674. The Morgan fingerprint density at radius 2 is 2.03 bits per heavy atom. The van der Waals surface area contributed by atoms with Crippen LogP contribution in [-0.2, 0) is 9.53 Å². The third-order valence-electron chi connectivity index (χ3n) is 5.48. The molecule has 0 aliphatic carbocycles. The summed E-state index contributed by atoms with van der Waals surface area (Å²) in [5.41, 5.74) is -1.67. The van der Waals surface area contributed by atoms with Crippen LogP contribution in [0.1, 0.15) is 37.0 Å². The van der Waals surface area contributed by atoms with Gasteiger partial charge in [0.05, 0.1) is 24.3 Å². The Morgan fingerprint density at radius 1 is 1.32 bits per heavy atom. The second-order valence-corrected chi connectivity index (χ2v) is 8.56. The van der Waals surface area contributed by atoms with Crippen molar-refractivity contribution in [2.24, 2.45) is 0 Å². The lowest BCUT2D eigenvalue weighted by Crippen LogP contribution is -2.60. The third kappa shape index (κ3) is 5.68. The molecule has 2 unspecified atom stereocenters. The van der Waals surface area contributed by atoms with Crippen molar-refractivity contribution < 1.29 is 32.2 Å². The van der Waals surface area contributed by atoms with Crippen LogP contribution in [0.3, 0.4) is 0 Å². The lowest BCUT2D eigenvalue weighted by molar-refractivity contribution is -0.142. The summed E-state index contributed by atoms with van der Waals surface area (Å²) in [6, 6.07) is 2.02. The molecule has 0 saturated carbocycles. The molecule has 2 saturated heterocycles. The summed E-state index contributed by atoms with van der Waals surface area (Å²) in [4.78, 5) is 26.8.